The van der Waals surface area contributed by atoms with Gasteiger partial charge < -0.3 is 9.67 Å². The lowest BCUT2D eigenvalue weighted by molar-refractivity contribution is 0.223. The van der Waals surface area contributed by atoms with E-state index in [4.69, 9.17) is 0 Å². The minimum absolute atomic E-state index is 0.248. The summed E-state index contributed by atoms with van der Waals surface area (Å²) in [6, 6.07) is 6.62. The van der Waals surface area contributed by atoms with Crippen LogP contribution in [0.25, 0.3) is 10.9 Å². The Morgan fingerprint density at radius 3 is 3.00 bits per heavy atom. The zero-order chi connectivity index (χ0) is 14.3. The highest BCUT2D eigenvalue weighted by atomic mass is 79.9. The second-order valence-corrected chi connectivity index (χ2v) is 7.13. The maximum absolute atomic E-state index is 9.39. The summed E-state index contributed by atoms with van der Waals surface area (Å²) in [5, 5.41) is 10.8. The molecule has 0 saturated heterocycles. The van der Waals surface area contributed by atoms with Gasteiger partial charge in [-0.05, 0) is 48.8 Å². The molecule has 1 heterocycles. The van der Waals surface area contributed by atoms with Gasteiger partial charge in [-0.3, -0.25) is 0 Å². The summed E-state index contributed by atoms with van der Waals surface area (Å²) in [6.45, 7) is 5.62. The molecule has 1 N–H and O–H groups in total. The normalized spacial score (nSPS) is 20.1. The Kier molecular flexibility index (Phi) is 3.91. The van der Waals surface area contributed by atoms with Crippen LogP contribution in [0.3, 0.4) is 0 Å². The SMILES string of the molecule is CC1CCCc2c1c1ccc(Br)cc1n2C[C@H](C)CO. The van der Waals surface area contributed by atoms with Crippen LogP contribution in [0, 0.1) is 5.92 Å². The van der Waals surface area contributed by atoms with Gasteiger partial charge in [0.2, 0.25) is 0 Å². The first-order valence-electron chi connectivity index (χ1n) is 7.53. The van der Waals surface area contributed by atoms with Gasteiger partial charge in [0, 0.05) is 34.2 Å². The predicted octanol–water partition coefficient (Wildman–Crippen LogP) is 4.47. The van der Waals surface area contributed by atoms with Crippen LogP contribution in [0.1, 0.15) is 43.9 Å². The van der Waals surface area contributed by atoms with Crippen LogP contribution in [0.5, 0.6) is 0 Å². The molecule has 1 aromatic carbocycles. The number of hydrogen-bond donors (Lipinski definition) is 1. The Morgan fingerprint density at radius 2 is 2.25 bits per heavy atom. The van der Waals surface area contributed by atoms with Crippen molar-refractivity contribution in [3.05, 3.63) is 33.9 Å². The van der Waals surface area contributed by atoms with Gasteiger partial charge >= 0.3 is 0 Å². The van der Waals surface area contributed by atoms with Crippen LogP contribution < -0.4 is 0 Å². The van der Waals surface area contributed by atoms with Crippen LogP contribution in [0.2, 0.25) is 0 Å². The van der Waals surface area contributed by atoms with Crippen molar-refractivity contribution in [3.8, 4) is 0 Å². The highest BCUT2D eigenvalue weighted by Crippen LogP contribution is 2.40. The van der Waals surface area contributed by atoms with E-state index in [1.807, 2.05) is 0 Å². The van der Waals surface area contributed by atoms with Gasteiger partial charge in [-0.1, -0.05) is 35.8 Å². The minimum Gasteiger partial charge on any atom is -0.396 e. The molecule has 1 aliphatic rings. The van der Waals surface area contributed by atoms with Crippen LogP contribution in [-0.2, 0) is 13.0 Å². The average molecular weight is 336 g/mol. The molecule has 108 valence electrons. The van der Waals surface area contributed by atoms with Crippen LogP contribution in [0.15, 0.2) is 22.7 Å². The van der Waals surface area contributed by atoms with Gasteiger partial charge in [-0.2, -0.15) is 0 Å². The Bertz CT molecular complexity index is 631. The summed E-state index contributed by atoms with van der Waals surface area (Å²) in [7, 11) is 0. The van der Waals surface area contributed by atoms with Crippen LogP contribution in [-0.4, -0.2) is 16.3 Å². The lowest BCUT2D eigenvalue weighted by atomic mass is 9.86. The van der Waals surface area contributed by atoms with Crippen molar-refractivity contribution in [3.63, 3.8) is 0 Å². The van der Waals surface area contributed by atoms with Crippen LogP contribution >= 0.6 is 15.9 Å². The summed E-state index contributed by atoms with van der Waals surface area (Å²) in [4.78, 5) is 0. The molecule has 0 amide bonds. The fraction of sp³-hybridized carbons (Fsp3) is 0.529. The van der Waals surface area contributed by atoms with E-state index >= 15 is 0 Å². The third kappa shape index (κ3) is 2.31. The molecule has 0 radical (unpaired) electrons. The van der Waals surface area contributed by atoms with Gasteiger partial charge in [-0.25, -0.2) is 0 Å². The smallest absolute Gasteiger partial charge is 0.0496 e. The van der Waals surface area contributed by atoms with Crippen molar-refractivity contribution >= 4 is 26.8 Å². The number of aliphatic hydroxyl groups excluding tert-OH is 1. The third-order valence-electron chi connectivity index (χ3n) is 4.53. The number of nitrogens with zero attached hydrogens (tertiary/aromatic N) is 1. The van der Waals surface area contributed by atoms with E-state index in [-0.39, 0.29) is 6.61 Å². The molecule has 2 nitrogen and oxygen atoms in total. The van der Waals surface area contributed by atoms with E-state index in [0.717, 1.165) is 11.0 Å². The van der Waals surface area contributed by atoms with E-state index in [9.17, 15) is 5.11 Å². The average Bonchev–Trinajstić information content (AvgIpc) is 2.74. The molecular formula is C17H22BrNO. The van der Waals surface area contributed by atoms with Gasteiger partial charge in [0.15, 0.2) is 0 Å². The standard InChI is InChI=1S/C17H22BrNO/c1-11(10-20)9-19-15-5-3-4-12(2)17(15)14-7-6-13(18)8-16(14)19/h6-8,11-12,20H,3-5,9-10H2,1-2H3/t11-,12?/m0/s1. The largest absolute Gasteiger partial charge is 0.396 e. The summed E-state index contributed by atoms with van der Waals surface area (Å²) >= 11 is 3.60. The second kappa shape index (κ2) is 5.53. The maximum atomic E-state index is 9.39. The molecule has 2 atom stereocenters. The van der Waals surface area contributed by atoms with E-state index < -0.39 is 0 Å². The zero-order valence-electron chi connectivity index (χ0n) is 12.2. The number of benzene rings is 1. The minimum atomic E-state index is 0.248. The van der Waals surface area contributed by atoms with Crippen molar-refractivity contribution in [2.75, 3.05) is 6.61 Å². The summed E-state index contributed by atoms with van der Waals surface area (Å²) in [6.07, 6.45) is 3.74. The number of fused-ring (bicyclic) bond motifs is 3. The topological polar surface area (TPSA) is 25.2 Å². The molecule has 0 saturated carbocycles. The molecule has 1 unspecified atom stereocenters. The Morgan fingerprint density at radius 1 is 1.45 bits per heavy atom. The first kappa shape index (κ1) is 14.2. The molecule has 0 aliphatic heterocycles. The lowest BCUT2D eigenvalue weighted by Crippen LogP contribution is -2.16. The molecule has 0 spiro atoms. The Balaban J connectivity index is 2.23. The molecule has 1 aliphatic carbocycles. The van der Waals surface area contributed by atoms with Crippen molar-refractivity contribution in [1.29, 1.82) is 0 Å². The van der Waals surface area contributed by atoms with Crippen LogP contribution in [0.4, 0.5) is 0 Å². The third-order valence-corrected chi connectivity index (χ3v) is 5.02. The summed E-state index contributed by atoms with van der Waals surface area (Å²) < 4.78 is 3.58. The quantitative estimate of drug-likeness (QED) is 0.879. The van der Waals surface area contributed by atoms with Gasteiger partial charge in [0.25, 0.3) is 0 Å². The lowest BCUT2D eigenvalue weighted by Gasteiger charge is -2.22. The number of rotatable bonds is 3. The molecule has 1 aromatic heterocycles. The summed E-state index contributed by atoms with van der Waals surface area (Å²) in [5.41, 5.74) is 4.36. The van der Waals surface area contributed by atoms with Crippen molar-refractivity contribution in [2.45, 2.75) is 45.6 Å². The fourth-order valence-electron chi connectivity index (χ4n) is 3.52. The summed E-state index contributed by atoms with van der Waals surface area (Å²) in [5.74, 6) is 0.944. The van der Waals surface area contributed by atoms with E-state index in [1.54, 1.807) is 5.56 Å². The Labute approximate surface area is 128 Å². The molecule has 0 fully saturated rings. The predicted molar refractivity (Wildman–Crippen MR) is 87.2 cm³/mol. The zero-order valence-corrected chi connectivity index (χ0v) is 13.8. The number of aliphatic hydroxyl groups is 1. The molecule has 20 heavy (non-hydrogen) atoms. The van der Waals surface area contributed by atoms with Crippen molar-refractivity contribution < 1.29 is 5.11 Å². The second-order valence-electron chi connectivity index (χ2n) is 6.21. The molecule has 2 aromatic rings. The number of aromatic nitrogens is 1. The highest BCUT2D eigenvalue weighted by Gasteiger charge is 2.25. The monoisotopic (exact) mass is 335 g/mol. The molecule has 0 bridgehead atoms. The van der Waals surface area contributed by atoms with Gasteiger partial charge in [0.1, 0.15) is 0 Å². The first-order chi connectivity index (χ1) is 9.61. The number of halogens is 1. The van der Waals surface area contributed by atoms with E-state index in [0.29, 0.717) is 11.8 Å². The number of hydrogen-bond acceptors (Lipinski definition) is 1. The fourth-order valence-corrected chi connectivity index (χ4v) is 3.87. The molecular weight excluding hydrogens is 314 g/mol. The highest BCUT2D eigenvalue weighted by molar-refractivity contribution is 9.10. The molecule has 3 rings (SSSR count). The Hall–Kier alpha value is -0.800. The van der Waals surface area contributed by atoms with E-state index in [2.05, 4.69) is 52.5 Å². The van der Waals surface area contributed by atoms with Gasteiger partial charge in [0.05, 0.1) is 0 Å². The van der Waals surface area contributed by atoms with E-state index in [1.165, 1.54) is 35.9 Å². The first-order valence-corrected chi connectivity index (χ1v) is 8.32. The van der Waals surface area contributed by atoms with Gasteiger partial charge in [-0.15, -0.1) is 0 Å². The maximum Gasteiger partial charge on any atom is 0.0496 e. The van der Waals surface area contributed by atoms with Crippen molar-refractivity contribution in [2.24, 2.45) is 5.92 Å². The van der Waals surface area contributed by atoms with Crippen molar-refractivity contribution in [1.82, 2.24) is 4.57 Å². The molecule has 3 heteroatoms.